The molecule has 4 heteroatoms. The second kappa shape index (κ2) is 5.30. The fourth-order valence-electron chi connectivity index (χ4n) is 1.09. The van der Waals surface area contributed by atoms with Gasteiger partial charge in [-0.15, -0.1) is 0 Å². The fraction of sp³-hybridized carbons (Fsp3) is 0.400. The van der Waals surface area contributed by atoms with Crippen LogP contribution in [0.25, 0.3) is 0 Å². The molecule has 0 heterocycles. The third kappa shape index (κ3) is 4.05. The van der Waals surface area contributed by atoms with Crippen LogP contribution in [0.2, 0.25) is 0 Å². The van der Waals surface area contributed by atoms with E-state index in [0.29, 0.717) is 6.61 Å². The van der Waals surface area contributed by atoms with E-state index in [-0.39, 0.29) is 6.16 Å². The summed E-state index contributed by atoms with van der Waals surface area (Å²) in [4.78, 5) is 9.43. The Morgan fingerprint density at radius 3 is 2.57 bits per heavy atom. The van der Waals surface area contributed by atoms with Gasteiger partial charge in [-0.25, -0.2) is 0 Å². The molecule has 3 nitrogen and oxygen atoms in total. The first kappa shape index (κ1) is 11.4. The molecule has 1 N–H and O–H groups in total. The van der Waals surface area contributed by atoms with Crippen LogP contribution in [0, 0.1) is 0 Å². The maximum absolute atomic E-state index is 11.5. The molecule has 0 saturated carbocycles. The first-order valence-corrected chi connectivity index (χ1v) is 6.40. The Labute approximate surface area is 84.3 Å². The third-order valence-corrected chi connectivity index (χ3v) is 3.07. The molecule has 0 aromatic heterocycles. The van der Waals surface area contributed by atoms with Gasteiger partial charge in [-0.3, -0.25) is 4.57 Å². The van der Waals surface area contributed by atoms with E-state index < -0.39 is 7.60 Å². The first-order chi connectivity index (χ1) is 6.64. The van der Waals surface area contributed by atoms with Gasteiger partial charge in [0.1, 0.15) is 0 Å². The van der Waals surface area contributed by atoms with E-state index in [2.05, 4.69) is 0 Å². The lowest BCUT2D eigenvalue weighted by Gasteiger charge is -2.11. The molecule has 1 unspecified atom stereocenters. The second-order valence-electron chi connectivity index (χ2n) is 3.11. The van der Waals surface area contributed by atoms with Gasteiger partial charge in [0.15, 0.2) is 0 Å². The molecule has 1 aromatic rings. The highest BCUT2D eigenvalue weighted by atomic mass is 31.2. The van der Waals surface area contributed by atoms with Crippen LogP contribution < -0.4 is 0 Å². The lowest BCUT2D eigenvalue weighted by molar-refractivity contribution is 0.259. The standard InChI is InChI=1S/C10H15O3P/c1-2-8-13-14(11,12)9-10-6-4-3-5-7-10/h3-7H,2,8-9H2,1H3,(H,11,12). The minimum absolute atomic E-state index is 0.0911. The van der Waals surface area contributed by atoms with Crippen molar-refractivity contribution in [2.75, 3.05) is 6.61 Å². The highest BCUT2D eigenvalue weighted by Crippen LogP contribution is 2.45. The monoisotopic (exact) mass is 214 g/mol. The second-order valence-corrected chi connectivity index (χ2v) is 4.96. The Balaban J connectivity index is 2.55. The van der Waals surface area contributed by atoms with E-state index in [1.54, 1.807) is 0 Å². The Kier molecular flexibility index (Phi) is 4.33. The number of rotatable bonds is 5. The largest absolute Gasteiger partial charge is 0.332 e. The number of hydrogen-bond acceptors (Lipinski definition) is 2. The van der Waals surface area contributed by atoms with Gasteiger partial charge < -0.3 is 9.42 Å². The molecule has 1 rings (SSSR count). The molecule has 78 valence electrons. The van der Waals surface area contributed by atoms with Gasteiger partial charge in [-0.1, -0.05) is 37.3 Å². The van der Waals surface area contributed by atoms with Crippen molar-refractivity contribution >= 4 is 7.60 Å². The minimum atomic E-state index is -3.43. The predicted molar refractivity (Wildman–Crippen MR) is 56.2 cm³/mol. The van der Waals surface area contributed by atoms with Crippen LogP contribution in [-0.4, -0.2) is 11.5 Å². The zero-order chi connectivity index (χ0) is 10.4. The number of hydrogen-bond donors (Lipinski definition) is 1. The molecule has 0 amide bonds. The summed E-state index contributed by atoms with van der Waals surface area (Å²) in [5.74, 6) is 0. The van der Waals surface area contributed by atoms with E-state index in [0.717, 1.165) is 12.0 Å². The fourth-order valence-corrected chi connectivity index (χ4v) is 2.33. The van der Waals surface area contributed by atoms with Gasteiger partial charge in [0, 0.05) is 0 Å². The quantitative estimate of drug-likeness (QED) is 0.766. The Morgan fingerprint density at radius 1 is 1.36 bits per heavy atom. The Hall–Kier alpha value is -0.630. The molecular weight excluding hydrogens is 199 g/mol. The molecule has 0 spiro atoms. The van der Waals surface area contributed by atoms with Crippen LogP contribution in [0.5, 0.6) is 0 Å². The van der Waals surface area contributed by atoms with Crippen molar-refractivity contribution in [3.05, 3.63) is 35.9 Å². The summed E-state index contributed by atoms with van der Waals surface area (Å²) in [6.07, 6.45) is 0.840. The average molecular weight is 214 g/mol. The van der Waals surface area contributed by atoms with Crippen molar-refractivity contribution < 1.29 is 14.0 Å². The lowest BCUT2D eigenvalue weighted by Crippen LogP contribution is -1.94. The van der Waals surface area contributed by atoms with Crippen molar-refractivity contribution in [1.29, 1.82) is 0 Å². The molecule has 1 aromatic carbocycles. The van der Waals surface area contributed by atoms with E-state index in [1.807, 2.05) is 37.3 Å². The summed E-state index contributed by atoms with van der Waals surface area (Å²) >= 11 is 0. The van der Waals surface area contributed by atoms with Gasteiger partial charge in [0.2, 0.25) is 0 Å². The van der Waals surface area contributed by atoms with Crippen molar-refractivity contribution in [1.82, 2.24) is 0 Å². The van der Waals surface area contributed by atoms with Gasteiger partial charge in [-0.05, 0) is 12.0 Å². The van der Waals surface area contributed by atoms with E-state index in [4.69, 9.17) is 4.52 Å². The molecule has 0 fully saturated rings. The number of benzene rings is 1. The van der Waals surface area contributed by atoms with Crippen molar-refractivity contribution in [2.24, 2.45) is 0 Å². The predicted octanol–water partition coefficient (Wildman–Crippen LogP) is 2.80. The molecule has 0 radical (unpaired) electrons. The average Bonchev–Trinajstić information content (AvgIpc) is 2.16. The van der Waals surface area contributed by atoms with Gasteiger partial charge in [0.05, 0.1) is 12.8 Å². The Morgan fingerprint density at radius 2 is 2.00 bits per heavy atom. The smallest absolute Gasteiger partial charge is 0.324 e. The summed E-state index contributed by atoms with van der Waals surface area (Å²) in [7, 11) is -3.43. The molecule has 0 saturated heterocycles. The minimum Gasteiger partial charge on any atom is -0.324 e. The van der Waals surface area contributed by atoms with E-state index >= 15 is 0 Å². The molecule has 0 bridgehead atoms. The zero-order valence-electron chi connectivity index (χ0n) is 8.22. The van der Waals surface area contributed by atoms with E-state index in [9.17, 15) is 9.46 Å². The first-order valence-electron chi connectivity index (χ1n) is 4.64. The maximum atomic E-state index is 11.5. The lowest BCUT2D eigenvalue weighted by atomic mass is 10.2. The zero-order valence-corrected chi connectivity index (χ0v) is 9.11. The topological polar surface area (TPSA) is 46.5 Å². The molecule has 0 aliphatic carbocycles. The summed E-state index contributed by atoms with van der Waals surface area (Å²) in [5.41, 5.74) is 0.828. The van der Waals surface area contributed by atoms with Gasteiger partial charge in [0.25, 0.3) is 0 Å². The third-order valence-electron chi connectivity index (χ3n) is 1.72. The van der Waals surface area contributed by atoms with Gasteiger partial charge in [-0.2, -0.15) is 0 Å². The molecule has 1 atom stereocenters. The summed E-state index contributed by atoms with van der Waals surface area (Å²) < 4.78 is 16.4. The Bertz CT molecular complexity index is 310. The highest BCUT2D eigenvalue weighted by molar-refractivity contribution is 7.51. The molecular formula is C10H15O3P. The van der Waals surface area contributed by atoms with Crippen molar-refractivity contribution in [3.63, 3.8) is 0 Å². The SMILES string of the molecule is CCCOP(=O)(O)Cc1ccccc1. The normalized spacial score (nSPS) is 15.0. The van der Waals surface area contributed by atoms with Gasteiger partial charge >= 0.3 is 7.60 Å². The summed E-state index contributed by atoms with van der Waals surface area (Å²) in [6.45, 7) is 2.24. The molecule has 14 heavy (non-hydrogen) atoms. The maximum Gasteiger partial charge on any atom is 0.332 e. The molecule has 0 aliphatic heterocycles. The van der Waals surface area contributed by atoms with Crippen molar-refractivity contribution in [3.8, 4) is 0 Å². The van der Waals surface area contributed by atoms with Crippen LogP contribution in [0.15, 0.2) is 30.3 Å². The summed E-state index contributed by atoms with van der Waals surface area (Å²) in [5, 5.41) is 0. The van der Waals surface area contributed by atoms with Crippen LogP contribution in [0.4, 0.5) is 0 Å². The molecule has 0 aliphatic rings. The van der Waals surface area contributed by atoms with Crippen LogP contribution in [-0.2, 0) is 15.3 Å². The van der Waals surface area contributed by atoms with Crippen LogP contribution >= 0.6 is 7.60 Å². The summed E-state index contributed by atoms with van der Waals surface area (Å²) in [6, 6.07) is 9.19. The highest BCUT2D eigenvalue weighted by Gasteiger charge is 2.18. The van der Waals surface area contributed by atoms with Crippen LogP contribution in [0.1, 0.15) is 18.9 Å². The van der Waals surface area contributed by atoms with Crippen molar-refractivity contribution in [2.45, 2.75) is 19.5 Å². The van der Waals surface area contributed by atoms with E-state index in [1.165, 1.54) is 0 Å². The van der Waals surface area contributed by atoms with Crippen LogP contribution in [0.3, 0.4) is 0 Å².